The third-order valence-electron chi connectivity index (χ3n) is 2.74. The molecule has 74 valence electrons. The largest absolute Gasteiger partial charge is 0.323 e. The lowest BCUT2D eigenvalue weighted by Crippen LogP contribution is -2.51. The van der Waals surface area contributed by atoms with E-state index < -0.39 is 0 Å². The van der Waals surface area contributed by atoms with E-state index >= 15 is 0 Å². The van der Waals surface area contributed by atoms with Crippen LogP contribution in [0.15, 0.2) is 0 Å². The van der Waals surface area contributed by atoms with Crippen LogP contribution in [0, 0.1) is 0 Å². The molecule has 0 radical (unpaired) electrons. The van der Waals surface area contributed by atoms with E-state index in [0.717, 1.165) is 24.1 Å². The molecule has 0 aliphatic heterocycles. The van der Waals surface area contributed by atoms with Crippen molar-refractivity contribution in [1.82, 2.24) is 5.48 Å². The summed E-state index contributed by atoms with van der Waals surface area (Å²) in [5, 5.41) is 8.53. The summed E-state index contributed by atoms with van der Waals surface area (Å²) in [7, 11) is 0. The quantitative estimate of drug-likeness (QED) is 0.450. The van der Waals surface area contributed by atoms with E-state index in [1.54, 1.807) is 0 Å². The van der Waals surface area contributed by atoms with Crippen LogP contribution in [0.1, 0.15) is 27.2 Å². The number of rotatable bonds is 7. The number of likely N-dealkylation sites (N-methyl/N-ethyl adjacent to an activating group) is 1. The molecule has 0 amide bonds. The van der Waals surface area contributed by atoms with Gasteiger partial charge in [-0.05, 0) is 20.3 Å². The summed E-state index contributed by atoms with van der Waals surface area (Å²) in [5.74, 6) is 0. The van der Waals surface area contributed by atoms with Gasteiger partial charge in [-0.2, -0.15) is 5.48 Å². The van der Waals surface area contributed by atoms with Gasteiger partial charge >= 0.3 is 0 Å². The Balaban J connectivity index is 3.95. The van der Waals surface area contributed by atoms with Gasteiger partial charge in [-0.1, -0.05) is 6.92 Å². The summed E-state index contributed by atoms with van der Waals surface area (Å²) in [4.78, 5) is 0. The van der Waals surface area contributed by atoms with E-state index in [1.165, 1.54) is 13.0 Å². The third-order valence-corrected chi connectivity index (χ3v) is 2.74. The van der Waals surface area contributed by atoms with E-state index in [-0.39, 0.29) is 0 Å². The highest BCUT2D eigenvalue weighted by Crippen LogP contribution is 2.06. The van der Waals surface area contributed by atoms with Gasteiger partial charge in [0, 0.05) is 0 Å². The molecule has 0 fully saturated rings. The van der Waals surface area contributed by atoms with Gasteiger partial charge in [0.1, 0.15) is 0 Å². The van der Waals surface area contributed by atoms with Gasteiger partial charge in [0.25, 0.3) is 0 Å². The van der Waals surface area contributed by atoms with E-state index in [0.29, 0.717) is 6.54 Å². The second-order valence-corrected chi connectivity index (χ2v) is 3.33. The minimum absolute atomic E-state index is 0.696. The molecule has 0 aliphatic carbocycles. The first-order chi connectivity index (χ1) is 5.74. The molecule has 0 unspecified atom stereocenters. The van der Waals surface area contributed by atoms with Crippen LogP contribution in [0.3, 0.4) is 0 Å². The van der Waals surface area contributed by atoms with Gasteiger partial charge < -0.3 is 9.69 Å². The van der Waals surface area contributed by atoms with Crippen molar-refractivity contribution in [3.63, 3.8) is 0 Å². The molecule has 2 N–H and O–H groups in total. The molecule has 0 spiro atoms. The van der Waals surface area contributed by atoms with Crippen molar-refractivity contribution in [1.29, 1.82) is 0 Å². The Morgan fingerprint density at radius 2 is 1.67 bits per heavy atom. The second kappa shape index (κ2) is 6.40. The van der Waals surface area contributed by atoms with Crippen molar-refractivity contribution in [2.24, 2.45) is 0 Å². The van der Waals surface area contributed by atoms with Crippen molar-refractivity contribution in [3.8, 4) is 0 Å². The van der Waals surface area contributed by atoms with E-state index in [1.807, 2.05) is 0 Å². The minimum Gasteiger partial charge on any atom is -0.323 e. The molecule has 0 aliphatic rings. The maximum absolute atomic E-state index is 8.53. The lowest BCUT2D eigenvalue weighted by molar-refractivity contribution is -0.924. The Kier molecular flexibility index (Phi) is 6.34. The standard InChI is InChI=1S/C9H23N2O/c1-4-8-11(5-2,6-3)9-7-10-12/h10,12H,4-9H2,1-3H3/q+1. The van der Waals surface area contributed by atoms with Gasteiger partial charge in [-0.25, -0.2) is 0 Å². The molecule has 0 saturated heterocycles. The highest BCUT2D eigenvalue weighted by atomic mass is 16.5. The number of hydrogen-bond acceptors (Lipinski definition) is 2. The summed E-state index contributed by atoms with van der Waals surface area (Å²) < 4.78 is 1.12. The Hall–Kier alpha value is -0.120. The molecular formula is C9H23N2O+. The van der Waals surface area contributed by atoms with Crippen molar-refractivity contribution < 1.29 is 9.69 Å². The Morgan fingerprint density at radius 3 is 2.00 bits per heavy atom. The first-order valence-electron chi connectivity index (χ1n) is 4.96. The van der Waals surface area contributed by atoms with Gasteiger partial charge in [-0.3, -0.25) is 0 Å². The van der Waals surface area contributed by atoms with E-state index in [9.17, 15) is 0 Å². The van der Waals surface area contributed by atoms with Crippen LogP contribution >= 0.6 is 0 Å². The third kappa shape index (κ3) is 3.52. The van der Waals surface area contributed by atoms with Crippen molar-refractivity contribution in [2.75, 3.05) is 32.7 Å². The zero-order chi connectivity index (χ0) is 9.45. The zero-order valence-electron chi connectivity index (χ0n) is 8.64. The number of hydroxylamine groups is 1. The topological polar surface area (TPSA) is 32.3 Å². The van der Waals surface area contributed by atoms with Crippen molar-refractivity contribution >= 4 is 0 Å². The van der Waals surface area contributed by atoms with Crippen LogP contribution in [0.2, 0.25) is 0 Å². The van der Waals surface area contributed by atoms with Crippen molar-refractivity contribution in [2.45, 2.75) is 27.2 Å². The Bertz CT molecular complexity index is 103. The fraction of sp³-hybridized carbons (Fsp3) is 1.00. The molecule has 0 atom stereocenters. The summed E-state index contributed by atoms with van der Waals surface area (Å²) in [6.45, 7) is 11.9. The van der Waals surface area contributed by atoms with Gasteiger partial charge in [0.15, 0.2) is 0 Å². The highest BCUT2D eigenvalue weighted by Gasteiger charge is 2.20. The fourth-order valence-corrected chi connectivity index (χ4v) is 1.73. The highest BCUT2D eigenvalue weighted by molar-refractivity contribution is 4.41. The number of nitrogens with one attached hydrogen (secondary N) is 1. The molecule has 0 aromatic carbocycles. The predicted molar refractivity (Wildman–Crippen MR) is 51.2 cm³/mol. The summed E-state index contributed by atoms with van der Waals surface area (Å²) >= 11 is 0. The molecular weight excluding hydrogens is 152 g/mol. The van der Waals surface area contributed by atoms with Gasteiger partial charge in [0.05, 0.1) is 32.7 Å². The zero-order valence-corrected chi connectivity index (χ0v) is 8.64. The van der Waals surface area contributed by atoms with Crippen LogP contribution in [-0.4, -0.2) is 42.4 Å². The molecule has 0 heterocycles. The molecule has 3 nitrogen and oxygen atoms in total. The van der Waals surface area contributed by atoms with Crippen LogP contribution in [-0.2, 0) is 0 Å². The summed E-state index contributed by atoms with van der Waals surface area (Å²) in [5.41, 5.74) is 2.23. The average molecular weight is 175 g/mol. The number of quaternary nitrogens is 1. The van der Waals surface area contributed by atoms with Crippen LogP contribution in [0.25, 0.3) is 0 Å². The molecule has 3 heteroatoms. The van der Waals surface area contributed by atoms with Gasteiger partial charge in [-0.15, -0.1) is 0 Å². The first-order valence-corrected chi connectivity index (χ1v) is 4.96. The van der Waals surface area contributed by atoms with Crippen LogP contribution in [0.5, 0.6) is 0 Å². The first kappa shape index (κ1) is 11.9. The van der Waals surface area contributed by atoms with Crippen LogP contribution < -0.4 is 5.48 Å². The smallest absolute Gasteiger partial charge is 0.0936 e. The van der Waals surface area contributed by atoms with Gasteiger partial charge in [0.2, 0.25) is 0 Å². The van der Waals surface area contributed by atoms with Crippen LogP contribution in [0.4, 0.5) is 0 Å². The molecule has 12 heavy (non-hydrogen) atoms. The molecule has 0 aromatic rings. The SMILES string of the molecule is CCC[N+](CC)(CC)CCNO. The molecule has 0 saturated carbocycles. The molecule has 0 rings (SSSR count). The summed E-state index contributed by atoms with van der Waals surface area (Å²) in [6.07, 6.45) is 1.22. The van der Waals surface area contributed by atoms with E-state index in [2.05, 4.69) is 26.3 Å². The number of nitrogens with zero attached hydrogens (tertiary/aromatic N) is 1. The van der Waals surface area contributed by atoms with E-state index in [4.69, 9.17) is 5.21 Å². The minimum atomic E-state index is 0.696. The van der Waals surface area contributed by atoms with Crippen molar-refractivity contribution in [3.05, 3.63) is 0 Å². The fourth-order valence-electron chi connectivity index (χ4n) is 1.73. The lowest BCUT2D eigenvalue weighted by Gasteiger charge is -2.36. The lowest BCUT2D eigenvalue weighted by atomic mass is 10.3. The Labute approximate surface area is 75.9 Å². The second-order valence-electron chi connectivity index (χ2n) is 3.33. The summed E-state index contributed by atoms with van der Waals surface area (Å²) in [6, 6.07) is 0. The predicted octanol–water partition coefficient (Wildman–Crippen LogP) is 1.23. The maximum atomic E-state index is 8.53. The average Bonchev–Trinajstić information content (AvgIpc) is 2.13. The normalized spacial score (nSPS) is 12.0. The molecule has 0 bridgehead atoms. The monoisotopic (exact) mass is 175 g/mol. The Morgan fingerprint density at radius 1 is 1.08 bits per heavy atom. The molecule has 0 aromatic heterocycles. The maximum Gasteiger partial charge on any atom is 0.0936 e. The number of hydrogen-bond donors (Lipinski definition) is 2.